The molecule has 0 atom stereocenters. The molecule has 0 bridgehead atoms. The quantitative estimate of drug-likeness (QED) is 0.721. The van der Waals surface area contributed by atoms with Crippen LogP contribution in [0.5, 0.6) is 5.75 Å². The molecule has 0 aliphatic carbocycles. The molecule has 2 aromatic rings. The average Bonchev–Trinajstić information content (AvgIpc) is 2.62. The Morgan fingerprint density at radius 1 is 1.08 bits per heavy atom. The minimum Gasteiger partial charge on any atom is -0.496 e. The zero-order valence-electron chi connectivity index (χ0n) is 13.6. The summed E-state index contributed by atoms with van der Waals surface area (Å²) in [4.78, 5) is 27.6. The highest BCUT2D eigenvalue weighted by molar-refractivity contribution is 5.93. The van der Waals surface area contributed by atoms with E-state index in [4.69, 9.17) is 4.74 Å². The molecule has 0 unspecified atom stereocenters. The minimum atomic E-state index is -0.163. The molecule has 2 amide bonds. The van der Waals surface area contributed by atoms with Gasteiger partial charge in [-0.3, -0.25) is 14.6 Å². The van der Waals surface area contributed by atoms with E-state index >= 15 is 0 Å². The van der Waals surface area contributed by atoms with Crippen LogP contribution in [0.2, 0.25) is 0 Å². The molecule has 6 nitrogen and oxygen atoms in total. The maximum absolute atomic E-state index is 11.9. The number of rotatable bonds is 8. The van der Waals surface area contributed by atoms with Gasteiger partial charge in [0.25, 0.3) is 5.91 Å². The first kappa shape index (κ1) is 17.5. The summed E-state index contributed by atoms with van der Waals surface area (Å²) in [5.74, 6) is 0.470. The van der Waals surface area contributed by atoms with Gasteiger partial charge in [-0.25, -0.2) is 0 Å². The van der Waals surface area contributed by atoms with Crippen LogP contribution in [0.3, 0.4) is 0 Å². The van der Waals surface area contributed by atoms with E-state index in [2.05, 4.69) is 15.6 Å². The molecule has 1 aromatic carbocycles. The summed E-state index contributed by atoms with van der Waals surface area (Å²) < 4.78 is 5.23. The highest BCUT2D eigenvalue weighted by Crippen LogP contribution is 2.17. The molecule has 1 aromatic heterocycles. The van der Waals surface area contributed by atoms with E-state index in [9.17, 15) is 9.59 Å². The molecule has 0 radical (unpaired) electrons. The number of nitrogens with zero attached hydrogens (tertiary/aromatic N) is 1. The summed E-state index contributed by atoms with van der Waals surface area (Å²) >= 11 is 0. The van der Waals surface area contributed by atoms with Gasteiger partial charge in [0.2, 0.25) is 5.91 Å². The second-order valence-corrected chi connectivity index (χ2v) is 5.19. The van der Waals surface area contributed by atoms with Gasteiger partial charge in [-0.1, -0.05) is 18.2 Å². The Morgan fingerprint density at radius 3 is 2.62 bits per heavy atom. The van der Waals surface area contributed by atoms with E-state index < -0.39 is 0 Å². The first-order valence-corrected chi connectivity index (χ1v) is 7.77. The number of hydrogen-bond acceptors (Lipinski definition) is 4. The molecule has 2 N–H and O–H groups in total. The van der Waals surface area contributed by atoms with E-state index in [0.717, 1.165) is 5.56 Å². The number of hydrogen-bond donors (Lipinski definition) is 2. The van der Waals surface area contributed by atoms with Gasteiger partial charge in [-0.15, -0.1) is 0 Å². The summed E-state index contributed by atoms with van der Waals surface area (Å²) in [7, 11) is 1.58. The highest BCUT2D eigenvalue weighted by atomic mass is 16.5. The zero-order valence-corrected chi connectivity index (χ0v) is 13.6. The average molecular weight is 327 g/mol. The molecule has 2 rings (SSSR count). The van der Waals surface area contributed by atoms with Crippen LogP contribution in [0.1, 0.15) is 22.3 Å². The van der Waals surface area contributed by atoms with Gasteiger partial charge < -0.3 is 15.4 Å². The lowest BCUT2D eigenvalue weighted by Gasteiger charge is -2.09. The van der Waals surface area contributed by atoms with Crippen LogP contribution in [0.4, 0.5) is 0 Å². The third-order valence-corrected chi connectivity index (χ3v) is 3.43. The predicted molar refractivity (Wildman–Crippen MR) is 90.9 cm³/mol. The van der Waals surface area contributed by atoms with Crippen molar-refractivity contribution in [1.82, 2.24) is 15.6 Å². The van der Waals surface area contributed by atoms with Crippen LogP contribution in [0, 0.1) is 0 Å². The second-order valence-electron chi connectivity index (χ2n) is 5.19. The van der Waals surface area contributed by atoms with Crippen LogP contribution in [-0.4, -0.2) is 37.0 Å². The molecule has 24 heavy (non-hydrogen) atoms. The number of para-hydroxylation sites is 1. The maximum Gasteiger partial charge on any atom is 0.252 e. The molecule has 0 saturated heterocycles. The van der Waals surface area contributed by atoms with Crippen molar-refractivity contribution in [3.63, 3.8) is 0 Å². The van der Waals surface area contributed by atoms with E-state index in [-0.39, 0.29) is 18.2 Å². The Balaban J connectivity index is 1.65. The Morgan fingerprint density at radius 2 is 1.88 bits per heavy atom. The standard InChI is InChI=1S/C18H21N3O3/c1-24-16-8-3-2-6-14(16)12-17(22)20-10-5-11-21-18(23)15-7-4-9-19-13-15/h2-4,6-9,13H,5,10-12H2,1H3,(H,20,22)(H,21,23). The molecule has 0 aliphatic rings. The van der Waals surface area contributed by atoms with Crippen molar-refractivity contribution in [3.05, 3.63) is 59.9 Å². The summed E-state index contributed by atoms with van der Waals surface area (Å²) in [5.41, 5.74) is 1.38. The fourth-order valence-corrected chi connectivity index (χ4v) is 2.20. The summed E-state index contributed by atoms with van der Waals surface area (Å²) in [5, 5.41) is 5.63. The van der Waals surface area contributed by atoms with E-state index in [0.29, 0.717) is 30.8 Å². The first-order valence-electron chi connectivity index (χ1n) is 7.77. The van der Waals surface area contributed by atoms with Gasteiger partial charge >= 0.3 is 0 Å². The molecular formula is C18H21N3O3. The molecule has 0 spiro atoms. The lowest BCUT2D eigenvalue weighted by molar-refractivity contribution is -0.120. The zero-order chi connectivity index (χ0) is 17.2. The minimum absolute atomic E-state index is 0.0712. The molecule has 0 fully saturated rings. The van der Waals surface area contributed by atoms with Crippen LogP contribution < -0.4 is 15.4 Å². The Hall–Kier alpha value is -2.89. The number of nitrogens with one attached hydrogen (secondary N) is 2. The van der Waals surface area contributed by atoms with E-state index in [1.54, 1.807) is 25.4 Å². The smallest absolute Gasteiger partial charge is 0.252 e. The number of methoxy groups -OCH3 is 1. The van der Waals surface area contributed by atoms with Crippen molar-refractivity contribution in [2.45, 2.75) is 12.8 Å². The van der Waals surface area contributed by atoms with Crippen LogP contribution >= 0.6 is 0 Å². The predicted octanol–water partition coefficient (Wildman–Crippen LogP) is 1.57. The summed E-state index contributed by atoms with van der Waals surface area (Å²) in [6, 6.07) is 10.9. The molecule has 1 heterocycles. The van der Waals surface area contributed by atoms with E-state index in [1.807, 2.05) is 24.3 Å². The fraction of sp³-hybridized carbons (Fsp3) is 0.278. The van der Waals surface area contributed by atoms with Crippen molar-refractivity contribution in [3.8, 4) is 5.75 Å². The normalized spacial score (nSPS) is 10.0. The van der Waals surface area contributed by atoms with Gasteiger partial charge in [0.15, 0.2) is 0 Å². The van der Waals surface area contributed by atoms with Crippen LogP contribution in [-0.2, 0) is 11.2 Å². The van der Waals surface area contributed by atoms with Crippen molar-refractivity contribution in [2.24, 2.45) is 0 Å². The van der Waals surface area contributed by atoms with Crippen LogP contribution in [0.25, 0.3) is 0 Å². The summed E-state index contributed by atoms with van der Waals surface area (Å²) in [6.07, 6.45) is 4.06. The fourth-order valence-electron chi connectivity index (χ4n) is 2.20. The number of aromatic nitrogens is 1. The second kappa shape index (κ2) is 9.29. The third kappa shape index (κ3) is 5.39. The van der Waals surface area contributed by atoms with Crippen LogP contribution in [0.15, 0.2) is 48.8 Å². The molecule has 0 saturated carbocycles. The third-order valence-electron chi connectivity index (χ3n) is 3.43. The highest BCUT2D eigenvalue weighted by Gasteiger charge is 2.08. The van der Waals surface area contributed by atoms with Crippen molar-refractivity contribution < 1.29 is 14.3 Å². The number of pyridine rings is 1. The number of carbonyl (C=O) groups excluding carboxylic acids is 2. The van der Waals surface area contributed by atoms with E-state index in [1.165, 1.54) is 6.20 Å². The van der Waals surface area contributed by atoms with Gasteiger partial charge in [0, 0.05) is 31.0 Å². The van der Waals surface area contributed by atoms with Crippen molar-refractivity contribution >= 4 is 11.8 Å². The number of carbonyl (C=O) groups is 2. The van der Waals surface area contributed by atoms with Gasteiger partial charge in [0.1, 0.15) is 5.75 Å². The molecule has 0 aliphatic heterocycles. The van der Waals surface area contributed by atoms with Crippen molar-refractivity contribution in [1.29, 1.82) is 0 Å². The lowest BCUT2D eigenvalue weighted by Crippen LogP contribution is -2.30. The topological polar surface area (TPSA) is 80.3 Å². The Labute approximate surface area is 141 Å². The Kier molecular flexibility index (Phi) is 6.76. The lowest BCUT2D eigenvalue weighted by atomic mass is 10.1. The SMILES string of the molecule is COc1ccccc1CC(=O)NCCCNC(=O)c1cccnc1. The monoisotopic (exact) mass is 327 g/mol. The summed E-state index contributed by atoms with van der Waals surface area (Å²) in [6.45, 7) is 0.990. The molecule has 126 valence electrons. The number of amides is 2. The maximum atomic E-state index is 11.9. The first-order chi connectivity index (χ1) is 11.7. The molecule has 6 heteroatoms. The van der Waals surface area contributed by atoms with Gasteiger partial charge in [-0.05, 0) is 24.6 Å². The molecular weight excluding hydrogens is 306 g/mol. The van der Waals surface area contributed by atoms with Crippen molar-refractivity contribution in [2.75, 3.05) is 20.2 Å². The van der Waals surface area contributed by atoms with Gasteiger partial charge in [-0.2, -0.15) is 0 Å². The number of ether oxygens (including phenoxy) is 1. The number of benzene rings is 1. The Bertz CT molecular complexity index is 674. The van der Waals surface area contributed by atoms with Gasteiger partial charge in [0.05, 0.1) is 19.1 Å². The largest absolute Gasteiger partial charge is 0.496 e.